The van der Waals surface area contributed by atoms with Crippen molar-refractivity contribution in [3.8, 4) is 0 Å². The number of hydrogen-bond acceptors (Lipinski definition) is 4. The molecule has 0 saturated carbocycles. The smallest absolute Gasteiger partial charge is 0.125 e. The van der Waals surface area contributed by atoms with Crippen LogP contribution in [0.3, 0.4) is 0 Å². The van der Waals surface area contributed by atoms with Gasteiger partial charge in [-0.1, -0.05) is 27.2 Å². The summed E-state index contributed by atoms with van der Waals surface area (Å²) in [7, 11) is 1.99. The molecule has 1 aromatic heterocycles. The highest BCUT2D eigenvalue weighted by Gasteiger charge is 2.33. The quantitative estimate of drug-likeness (QED) is 0.747. The van der Waals surface area contributed by atoms with Gasteiger partial charge in [0.05, 0.1) is 5.69 Å². The highest BCUT2D eigenvalue weighted by atomic mass is 32.1. The Labute approximate surface area is 121 Å². The van der Waals surface area contributed by atoms with Gasteiger partial charge in [0.25, 0.3) is 0 Å². The Hall–Kier alpha value is -0.450. The van der Waals surface area contributed by atoms with E-state index in [-0.39, 0.29) is 5.60 Å². The first-order valence-electron chi connectivity index (χ1n) is 7.44. The minimum absolute atomic E-state index is 0.187. The topological polar surface area (TPSA) is 34.1 Å². The zero-order valence-corrected chi connectivity index (χ0v) is 13.8. The van der Waals surface area contributed by atoms with Crippen LogP contribution in [0.5, 0.6) is 0 Å². The van der Waals surface area contributed by atoms with Crippen molar-refractivity contribution >= 4 is 11.3 Å². The van der Waals surface area contributed by atoms with Gasteiger partial charge in [-0.2, -0.15) is 0 Å². The van der Waals surface area contributed by atoms with Gasteiger partial charge in [0, 0.05) is 18.0 Å². The molecular formula is C15H28N2OS. The summed E-state index contributed by atoms with van der Waals surface area (Å²) in [6.07, 6.45) is 4.16. The summed E-state index contributed by atoms with van der Waals surface area (Å²) in [5, 5.41) is 4.41. The monoisotopic (exact) mass is 284 g/mol. The number of aromatic nitrogens is 1. The standard InChI is InChI=1S/C15H28N2OS/c1-6-10-12-13(11-16-5)19-14(17-12)15(7-2,8-3)18-9-4/h16H,6-11H2,1-5H3. The van der Waals surface area contributed by atoms with Gasteiger partial charge in [0.2, 0.25) is 0 Å². The lowest BCUT2D eigenvalue weighted by molar-refractivity contribution is -0.0507. The van der Waals surface area contributed by atoms with Crippen LogP contribution in [-0.2, 0) is 23.3 Å². The Kier molecular flexibility index (Phi) is 6.97. The van der Waals surface area contributed by atoms with Gasteiger partial charge in [-0.15, -0.1) is 11.3 Å². The molecule has 19 heavy (non-hydrogen) atoms. The molecule has 1 heterocycles. The SMILES string of the molecule is CCCc1nc(C(CC)(CC)OCC)sc1CNC. The molecule has 0 amide bonds. The number of hydrogen-bond donors (Lipinski definition) is 1. The van der Waals surface area contributed by atoms with Crippen molar-refractivity contribution in [1.29, 1.82) is 0 Å². The second kappa shape index (κ2) is 7.98. The van der Waals surface area contributed by atoms with Gasteiger partial charge in [-0.3, -0.25) is 0 Å². The Morgan fingerprint density at radius 3 is 2.37 bits per heavy atom. The molecule has 0 unspecified atom stereocenters. The summed E-state index contributed by atoms with van der Waals surface area (Å²) >= 11 is 1.82. The molecule has 0 bridgehead atoms. The molecule has 3 nitrogen and oxygen atoms in total. The Morgan fingerprint density at radius 1 is 1.21 bits per heavy atom. The third-order valence-electron chi connectivity index (χ3n) is 3.56. The maximum absolute atomic E-state index is 6.07. The molecule has 4 heteroatoms. The largest absolute Gasteiger partial charge is 0.368 e. The Morgan fingerprint density at radius 2 is 1.89 bits per heavy atom. The Bertz CT molecular complexity index is 349. The van der Waals surface area contributed by atoms with Gasteiger partial charge >= 0.3 is 0 Å². The molecular weight excluding hydrogens is 256 g/mol. The predicted molar refractivity (Wildman–Crippen MR) is 82.8 cm³/mol. The third-order valence-corrected chi connectivity index (χ3v) is 4.84. The molecule has 0 radical (unpaired) electrons. The highest BCUT2D eigenvalue weighted by Crippen LogP contribution is 2.37. The molecule has 0 aliphatic rings. The van der Waals surface area contributed by atoms with Gasteiger partial charge in [0.15, 0.2) is 0 Å². The fourth-order valence-electron chi connectivity index (χ4n) is 2.40. The van der Waals surface area contributed by atoms with Gasteiger partial charge in [0.1, 0.15) is 10.6 Å². The van der Waals surface area contributed by atoms with Crippen LogP contribution in [0.4, 0.5) is 0 Å². The van der Waals surface area contributed by atoms with Crippen LogP contribution in [0.25, 0.3) is 0 Å². The van der Waals surface area contributed by atoms with Crippen LogP contribution in [0.2, 0.25) is 0 Å². The number of rotatable bonds is 9. The first kappa shape index (κ1) is 16.6. The van der Waals surface area contributed by atoms with Crippen LogP contribution in [0.1, 0.15) is 62.5 Å². The van der Waals surface area contributed by atoms with E-state index in [0.29, 0.717) is 0 Å². The molecule has 0 aliphatic carbocycles. The molecule has 0 saturated heterocycles. The van der Waals surface area contributed by atoms with Gasteiger partial charge < -0.3 is 10.1 Å². The summed E-state index contributed by atoms with van der Waals surface area (Å²) in [5.41, 5.74) is 1.07. The average molecular weight is 284 g/mol. The zero-order chi connectivity index (χ0) is 14.3. The van der Waals surface area contributed by atoms with E-state index in [1.807, 2.05) is 18.4 Å². The van der Waals surface area contributed by atoms with Crippen molar-refractivity contribution in [2.45, 2.75) is 65.5 Å². The third kappa shape index (κ3) is 3.77. The van der Waals surface area contributed by atoms with E-state index in [2.05, 4.69) is 33.0 Å². The molecule has 0 atom stereocenters. The lowest BCUT2D eigenvalue weighted by Crippen LogP contribution is -2.28. The predicted octanol–water partition coefficient (Wildman–Crippen LogP) is 3.87. The van der Waals surface area contributed by atoms with Crippen molar-refractivity contribution in [3.05, 3.63) is 15.6 Å². The minimum atomic E-state index is -0.187. The number of nitrogens with zero attached hydrogens (tertiary/aromatic N) is 1. The normalized spacial score (nSPS) is 12.1. The molecule has 0 spiro atoms. The average Bonchev–Trinajstić information content (AvgIpc) is 2.81. The summed E-state index contributed by atoms with van der Waals surface area (Å²) in [6, 6.07) is 0. The maximum atomic E-state index is 6.07. The lowest BCUT2D eigenvalue weighted by Gasteiger charge is -2.29. The molecule has 0 aliphatic heterocycles. The summed E-state index contributed by atoms with van der Waals surface area (Å²) in [6.45, 7) is 10.3. The second-order valence-corrected chi connectivity index (χ2v) is 5.89. The molecule has 1 N–H and O–H groups in total. The zero-order valence-electron chi connectivity index (χ0n) is 13.0. The van der Waals surface area contributed by atoms with Crippen LogP contribution < -0.4 is 5.32 Å². The van der Waals surface area contributed by atoms with E-state index in [1.54, 1.807) is 0 Å². The summed E-state index contributed by atoms with van der Waals surface area (Å²) in [5.74, 6) is 0. The van der Waals surface area contributed by atoms with Crippen molar-refractivity contribution in [2.75, 3.05) is 13.7 Å². The van der Waals surface area contributed by atoms with Crippen molar-refractivity contribution in [1.82, 2.24) is 10.3 Å². The fraction of sp³-hybridized carbons (Fsp3) is 0.800. The van der Waals surface area contributed by atoms with Gasteiger partial charge in [-0.25, -0.2) is 4.98 Å². The molecule has 0 fully saturated rings. The number of thiazole rings is 1. The van der Waals surface area contributed by atoms with Crippen LogP contribution in [-0.4, -0.2) is 18.6 Å². The summed E-state index contributed by atoms with van der Waals surface area (Å²) in [4.78, 5) is 6.27. The van der Waals surface area contributed by atoms with Gasteiger partial charge in [-0.05, 0) is 33.2 Å². The number of nitrogens with one attached hydrogen (secondary N) is 1. The summed E-state index contributed by atoms with van der Waals surface area (Å²) < 4.78 is 6.07. The van der Waals surface area contributed by atoms with Crippen LogP contribution in [0.15, 0.2) is 0 Å². The highest BCUT2D eigenvalue weighted by molar-refractivity contribution is 7.11. The maximum Gasteiger partial charge on any atom is 0.125 e. The lowest BCUT2D eigenvalue weighted by atomic mass is 9.98. The molecule has 110 valence electrons. The van der Waals surface area contributed by atoms with E-state index in [4.69, 9.17) is 9.72 Å². The van der Waals surface area contributed by atoms with Crippen LogP contribution >= 0.6 is 11.3 Å². The van der Waals surface area contributed by atoms with E-state index < -0.39 is 0 Å². The van der Waals surface area contributed by atoms with E-state index >= 15 is 0 Å². The van der Waals surface area contributed by atoms with E-state index in [9.17, 15) is 0 Å². The number of ether oxygens (including phenoxy) is 1. The van der Waals surface area contributed by atoms with Crippen LogP contribution in [0, 0.1) is 0 Å². The second-order valence-electron chi connectivity index (χ2n) is 4.80. The molecule has 0 aromatic carbocycles. The molecule has 1 rings (SSSR count). The van der Waals surface area contributed by atoms with Crippen molar-refractivity contribution in [3.63, 3.8) is 0 Å². The first-order valence-corrected chi connectivity index (χ1v) is 8.26. The number of aryl methyl sites for hydroxylation is 1. The first-order chi connectivity index (χ1) is 9.17. The minimum Gasteiger partial charge on any atom is -0.368 e. The van der Waals surface area contributed by atoms with E-state index in [0.717, 1.165) is 43.8 Å². The molecule has 1 aromatic rings. The van der Waals surface area contributed by atoms with Crippen molar-refractivity contribution < 1.29 is 4.74 Å². The fourth-order valence-corrected chi connectivity index (χ4v) is 3.81. The van der Waals surface area contributed by atoms with Crippen molar-refractivity contribution in [2.24, 2.45) is 0 Å². The van der Waals surface area contributed by atoms with E-state index in [1.165, 1.54) is 10.6 Å². The Balaban J connectivity index is 3.12.